The van der Waals surface area contributed by atoms with E-state index in [4.69, 9.17) is 5.73 Å². The lowest BCUT2D eigenvalue weighted by Gasteiger charge is -2.61. The fourth-order valence-corrected chi connectivity index (χ4v) is 8.29. The average Bonchev–Trinajstić information content (AvgIpc) is 2.93. The number of nitrogens with zero attached hydrogens (tertiary/aromatic N) is 1. The zero-order chi connectivity index (χ0) is 17.8. The van der Waals surface area contributed by atoms with Gasteiger partial charge in [-0.15, -0.1) is 12.4 Å². The largest absolute Gasteiger partial charge is 0.393 e. The molecule has 0 heterocycles. The first-order chi connectivity index (χ1) is 11.9. The summed E-state index contributed by atoms with van der Waals surface area (Å²) in [6.45, 7) is 7.02. The molecule has 4 aliphatic carbocycles. The van der Waals surface area contributed by atoms with Gasteiger partial charge in [0.2, 0.25) is 0 Å². The highest BCUT2D eigenvalue weighted by Gasteiger charge is 2.60. The molecule has 0 aromatic carbocycles. The van der Waals surface area contributed by atoms with Crippen LogP contribution >= 0.6 is 12.4 Å². The van der Waals surface area contributed by atoms with E-state index >= 15 is 0 Å². The standard InChI is InChI=1S/C22H40N2O.ClH/c1-21-10-8-16(25)14-15(21)4-5-17-18-6-7-20(24(3)13-12-23)22(18,2)11-9-19(17)21;/h15-20,25H,4-14,23H2,1-3H3;1H/t15-,16?,17?,18?,19?,20?,21-,22-;/m0./s1. The number of rotatable bonds is 3. The summed E-state index contributed by atoms with van der Waals surface area (Å²) in [6.07, 6.45) is 11.8. The van der Waals surface area contributed by atoms with Gasteiger partial charge in [-0.05, 0) is 99.3 Å². The average molecular weight is 385 g/mol. The molecular weight excluding hydrogens is 344 g/mol. The number of nitrogens with two attached hydrogens (primary N) is 1. The SMILES string of the molecule is CN(CCN)C1CCC2C3CC[C@H]4CC(O)CC[C@]4(C)C3CC[C@@]21C.Cl. The molecule has 4 fully saturated rings. The fraction of sp³-hybridized carbons (Fsp3) is 1.00. The van der Waals surface area contributed by atoms with Crippen molar-refractivity contribution < 1.29 is 5.11 Å². The van der Waals surface area contributed by atoms with Gasteiger partial charge < -0.3 is 15.7 Å². The molecule has 3 nitrogen and oxygen atoms in total. The summed E-state index contributed by atoms with van der Waals surface area (Å²) in [4.78, 5) is 2.57. The first-order valence-electron chi connectivity index (χ1n) is 11.0. The number of likely N-dealkylation sites (N-methyl/N-ethyl adjacent to an activating group) is 1. The molecule has 26 heavy (non-hydrogen) atoms. The van der Waals surface area contributed by atoms with Gasteiger partial charge in [-0.25, -0.2) is 0 Å². The number of aliphatic hydroxyl groups is 1. The summed E-state index contributed by atoms with van der Waals surface area (Å²) in [5, 5.41) is 10.2. The maximum Gasteiger partial charge on any atom is 0.0543 e. The van der Waals surface area contributed by atoms with Gasteiger partial charge in [-0.2, -0.15) is 0 Å². The quantitative estimate of drug-likeness (QED) is 0.771. The number of hydrogen-bond donors (Lipinski definition) is 2. The van der Waals surface area contributed by atoms with E-state index in [9.17, 15) is 5.11 Å². The van der Waals surface area contributed by atoms with Crippen molar-refractivity contribution >= 4 is 12.4 Å². The van der Waals surface area contributed by atoms with Crippen LogP contribution in [-0.2, 0) is 0 Å². The second-order valence-corrected chi connectivity index (χ2v) is 10.5. The first kappa shape index (κ1) is 20.9. The van der Waals surface area contributed by atoms with Crippen LogP contribution in [0.25, 0.3) is 0 Å². The second kappa shape index (κ2) is 7.54. The predicted octanol–water partition coefficient (Wildman–Crippen LogP) is 4.07. The van der Waals surface area contributed by atoms with Gasteiger partial charge in [0.25, 0.3) is 0 Å². The van der Waals surface area contributed by atoms with Gasteiger partial charge >= 0.3 is 0 Å². The normalized spacial score (nSPS) is 50.5. The van der Waals surface area contributed by atoms with Crippen LogP contribution in [0.2, 0.25) is 0 Å². The van der Waals surface area contributed by atoms with E-state index < -0.39 is 0 Å². The number of aliphatic hydroxyl groups excluding tert-OH is 1. The Bertz CT molecular complexity index is 503. The van der Waals surface area contributed by atoms with E-state index in [0.717, 1.165) is 55.6 Å². The summed E-state index contributed by atoms with van der Waals surface area (Å²) in [6, 6.07) is 0.737. The third kappa shape index (κ3) is 3.06. The Labute approximate surface area is 166 Å². The lowest BCUT2D eigenvalue weighted by molar-refractivity contribution is -0.128. The van der Waals surface area contributed by atoms with Crippen molar-refractivity contribution in [3.63, 3.8) is 0 Å². The Morgan fingerprint density at radius 3 is 2.38 bits per heavy atom. The monoisotopic (exact) mass is 384 g/mol. The molecule has 4 saturated carbocycles. The van der Waals surface area contributed by atoms with E-state index in [1.807, 2.05) is 0 Å². The van der Waals surface area contributed by atoms with Gasteiger partial charge in [0.05, 0.1) is 6.10 Å². The molecule has 0 aliphatic heterocycles. The van der Waals surface area contributed by atoms with Gasteiger partial charge in [0.1, 0.15) is 0 Å². The molecule has 152 valence electrons. The molecule has 3 N–H and O–H groups in total. The van der Waals surface area contributed by atoms with Crippen molar-refractivity contribution in [1.82, 2.24) is 4.90 Å². The van der Waals surface area contributed by atoms with Gasteiger partial charge in [-0.3, -0.25) is 0 Å². The van der Waals surface area contributed by atoms with E-state index in [1.54, 1.807) is 0 Å². The van der Waals surface area contributed by atoms with Crippen LogP contribution in [0.5, 0.6) is 0 Å². The summed E-state index contributed by atoms with van der Waals surface area (Å²) in [5.41, 5.74) is 6.86. The second-order valence-electron chi connectivity index (χ2n) is 10.5. The Morgan fingerprint density at radius 2 is 1.65 bits per heavy atom. The molecule has 0 aromatic rings. The van der Waals surface area contributed by atoms with E-state index in [2.05, 4.69) is 25.8 Å². The fourth-order valence-electron chi connectivity index (χ4n) is 8.29. The molecule has 0 saturated heterocycles. The van der Waals surface area contributed by atoms with Gasteiger partial charge in [0.15, 0.2) is 0 Å². The van der Waals surface area contributed by atoms with Crippen LogP contribution in [0.4, 0.5) is 0 Å². The molecule has 0 bridgehead atoms. The van der Waals surface area contributed by atoms with Crippen molar-refractivity contribution in [2.24, 2.45) is 40.2 Å². The van der Waals surface area contributed by atoms with Crippen LogP contribution in [0.15, 0.2) is 0 Å². The molecule has 0 aromatic heterocycles. The van der Waals surface area contributed by atoms with E-state index in [1.165, 1.54) is 44.9 Å². The minimum atomic E-state index is -0.0238. The third-order valence-electron chi connectivity index (χ3n) is 9.60. The summed E-state index contributed by atoms with van der Waals surface area (Å²) >= 11 is 0. The zero-order valence-corrected chi connectivity index (χ0v) is 17.9. The Morgan fingerprint density at radius 1 is 0.962 bits per heavy atom. The van der Waals surface area contributed by atoms with Crippen LogP contribution in [0.1, 0.15) is 71.6 Å². The Kier molecular flexibility index (Phi) is 6.06. The van der Waals surface area contributed by atoms with Crippen molar-refractivity contribution in [2.75, 3.05) is 20.1 Å². The molecule has 5 unspecified atom stereocenters. The van der Waals surface area contributed by atoms with Crippen molar-refractivity contribution in [3.8, 4) is 0 Å². The molecule has 4 aliphatic rings. The van der Waals surface area contributed by atoms with Crippen LogP contribution in [0.3, 0.4) is 0 Å². The smallest absolute Gasteiger partial charge is 0.0543 e. The van der Waals surface area contributed by atoms with E-state index in [0.29, 0.717) is 10.8 Å². The third-order valence-corrected chi connectivity index (χ3v) is 9.60. The molecule has 0 radical (unpaired) electrons. The lowest BCUT2D eigenvalue weighted by atomic mass is 9.45. The summed E-state index contributed by atoms with van der Waals surface area (Å²) < 4.78 is 0. The highest BCUT2D eigenvalue weighted by atomic mass is 35.5. The number of hydrogen-bond acceptors (Lipinski definition) is 3. The maximum absolute atomic E-state index is 10.2. The molecule has 4 heteroatoms. The van der Waals surface area contributed by atoms with Crippen molar-refractivity contribution in [2.45, 2.75) is 83.8 Å². The summed E-state index contributed by atoms with van der Waals surface area (Å²) in [5.74, 6) is 3.54. The zero-order valence-electron chi connectivity index (χ0n) is 17.1. The molecule has 4 rings (SSSR count). The van der Waals surface area contributed by atoms with Crippen LogP contribution in [-0.4, -0.2) is 42.3 Å². The highest BCUT2D eigenvalue weighted by molar-refractivity contribution is 5.85. The Hall–Kier alpha value is 0.170. The predicted molar refractivity (Wildman–Crippen MR) is 110 cm³/mol. The van der Waals surface area contributed by atoms with Crippen molar-refractivity contribution in [1.29, 1.82) is 0 Å². The van der Waals surface area contributed by atoms with Gasteiger partial charge in [-0.1, -0.05) is 13.8 Å². The Balaban J connectivity index is 0.00000196. The molecule has 8 atom stereocenters. The van der Waals surface area contributed by atoms with Crippen molar-refractivity contribution in [3.05, 3.63) is 0 Å². The minimum absolute atomic E-state index is 0. The molecule has 0 spiro atoms. The summed E-state index contributed by atoms with van der Waals surface area (Å²) in [7, 11) is 2.30. The molecule has 0 amide bonds. The van der Waals surface area contributed by atoms with Crippen LogP contribution < -0.4 is 5.73 Å². The van der Waals surface area contributed by atoms with E-state index in [-0.39, 0.29) is 18.5 Å². The lowest BCUT2D eigenvalue weighted by Crippen LogP contribution is -2.56. The number of fused-ring (bicyclic) bond motifs is 5. The van der Waals surface area contributed by atoms with Gasteiger partial charge in [0, 0.05) is 19.1 Å². The molecular formula is C22H41ClN2O. The van der Waals surface area contributed by atoms with Crippen LogP contribution in [0, 0.1) is 34.5 Å². The highest BCUT2D eigenvalue weighted by Crippen LogP contribution is 2.66. The maximum atomic E-state index is 10.2. The minimum Gasteiger partial charge on any atom is -0.393 e. The number of halogens is 1. The topological polar surface area (TPSA) is 49.5 Å². The first-order valence-corrected chi connectivity index (χ1v) is 11.0.